The number of benzene rings is 2. The van der Waals surface area contributed by atoms with Crippen LogP contribution >= 0.6 is 0 Å². The summed E-state index contributed by atoms with van der Waals surface area (Å²) in [6, 6.07) is 15.6. The molecule has 1 atom stereocenters. The number of carbonyl (C=O) groups excluding carboxylic acids is 4. The Morgan fingerprint density at radius 1 is 0.875 bits per heavy atom. The highest BCUT2D eigenvalue weighted by molar-refractivity contribution is 5.87. The fourth-order valence-electron chi connectivity index (χ4n) is 2.48. The molecule has 2 aromatic carbocycles. The summed E-state index contributed by atoms with van der Waals surface area (Å²) in [5, 5.41) is 2.31. The number of rotatable bonds is 8. The highest BCUT2D eigenvalue weighted by Gasteiger charge is 2.27. The first-order valence-electron chi connectivity index (χ1n) is 9.58. The number of fused-ring (bicyclic) bond motifs is 1. The van der Waals surface area contributed by atoms with E-state index in [2.05, 4.69) is 16.2 Å². The minimum absolute atomic E-state index is 0.0264. The maximum atomic E-state index is 12.1. The molecule has 11 heteroatoms. The Morgan fingerprint density at radius 3 is 2.38 bits per heavy atom. The highest BCUT2D eigenvalue weighted by Crippen LogP contribution is 2.30. The fraction of sp³-hybridized carbons (Fsp3) is 0.238. The number of ether oxygens (including phenoxy) is 4. The number of carbonyl (C=O) groups is 4. The predicted molar refractivity (Wildman–Crippen MR) is 109 cm³/mol. The number of nitrogens with one attached hydrogen (secondary N) is 3. The van der Waals surface area contributed by atoms with E-state index in [9.17, 15) is 19.2 Å². The van der Waals surface area contributed by atoms with E-state index in [1.807, 2.05) is 6.07 Å². The largest absolute Gasteiger partial charge is 0.485 e. The van der Waals surface area contributed by atoms with Crippen LogP contribution in [0.15, 0.2) is 54.6 Å². The summed E-state index contributed by atoms with van der Waals surface area (Å²) < 4.78 is 20.9. The number of hydrogen-bond acceptors (Lipinski definition) is 8. The van der Waals surface area contributed by atoms with Crippen molar-refractivity contribution in [3.8, 4) is 17.2 Å². The topological polar surface area (TPSA) is 141 Å². The number of hydrogen-bond donors (Lipinski definition) is 3. The Morgan fingerprint density at radius 2 is 1.59 bits per heavy atom. The number of para-hydroxylation sites is 3. The molecule has 32 heavy (non-hydrogen) atoms. The van der Waals surface area contributed by atoms with E-state index < -0.39 is 42.9 Å². The Hall–Kier alpha value is -4.28. The third-order valence-corrected chi connectivity index (χ3v) is 4.03. The molecule has 0 spiro atoms. The van der Waals surface area contributed by atoms with Crippen LogP contribution in [0, 0.1) is 0 Å². The van der Waals surface area contributed by atoms with Crippen LogP contribution in [-0.2, 0) is 23.9 Å². The molecule has 1 aliphatic rings. The van der Waals surface area contributed by atoms with Crippen molar-refractivity contribution in [3.63, 3.8) is 0 Å². The van der Waals surface area contributed by atoms with Crippen molar-refractivity contribution in [3.05, 3.63) is 54.6 Å². The summed E-state index contributed by atoms with van der Waals surface area (Å²) in [4.78, 5) is 47.2. The van der Waals surface area contributed by atoms with Crippen molar-refractivity contribution in [1.82, 2.24) is 16.2 Å². The van der Waals surface area contributed by atoms with Crippen LogP contribution < -0.4 is 30.4 Å². The molecule has 3 rings (SSSR count). The molecule has 11 nitrogen and oxygen atoms in total. The molecule has 3 amide bonds. The minimum atomic E-state index is -0.957. The molecular weight excluding hydrogens is 422 g/mol. The highest BCUT2D eigenvalue weighted by atomic mass is 16.6. The van der Waals surface area contributed by atoms with Crippen molar-refractivity contribution in [2.75, 3.05) is 26.4 Å². The van der Waals surface area contributed by atoms with Gasteiger partial charge in [-0.05, 0) is 24.3 Å². The Kier molecular flexibility index (Phi) is 7.84. The minimum Gasteiger partial charge on any atom is -0.485 e. The molecule has 1 unspecified atom stereocenters. The van der Waals surface area contributed by atoms with E-state index in [1.165, 1.54) is 0 Å². The van der Waals surface area contributed by atoms with Gasteiger partial charge in [0.15, 0.2) is 24.7 Å². The maximum absolute atomic E-state index is 12.1. The van der Waals surface area contributed by atoms with Gasteiger partial charge in [-0.15, -0.1) is 0 Å². The van der Waals surface area contributed by atoms with E-state index in [1.54, 1.807) is 48.5 Å². The molecule has 0 bridgehead atoms. The van der Waals surface area contributed by atoms with Crippen LogP contribution in [0.4, 0.5) is 0 Å². The standard InChI is InChI=1S/C21H21N3O8/c25-18(12-29-14-6-2-1-3-7-14)22-10-20(27)31-13-19(26)23-24-21(28)17-11-30-15-8-4-5-9-16(15)32-17/h1-9,17H,10-13H2,(H,22,25)(H,23,26)(H,24,28). The molecule has 3 N–H and O–H groups in total. The van der Waals surface area contributed by atoms with Crippen LogP contribution in [0.25, 0.3) is 0 Å². The first-order chi connectivity index (χ1) is 15.5. The lowest BCUT2D eigenvalue weighted by Crippen LogP contribution is -2.51. The molecule has 0 fully saturated rings. The average molecular weight is 443 g/mol. The third kappa shape index (κ3) is 6.90. The van der Waals surface area contributed by atoms with Crippen molar-refractivity contribution >= 4 is 23.7 Å². The number of hydrazine groups is 1. The van der Waals surface area contributed by atoms with Gasteiger partial charge in [0.25, 0.3) is 17.7 Å². The first kappa shape index (κ1) is 22.4. The van der Waals surface area contributed by atoms with Gasteiger partial charge < -0.3 is 24.3 Å². The SMILES string of the molecule is O=C(COc1ccccc1)NCC(=O)OCC(=O)NNC(=O)C1COc2ccccc2O1. The number of esters is 1. The second-order valence-electron chi connectivity index (χ2n) is 6.44. The van der Waals surface area contributed by atoms with Crippen molar-refractivity contribution in [1.29, 1.82) is 0 Å². The van der Waals surface area contributed by atoms with Crippen molar-refractivity contribution in [2.24, 2.45) is 0 Å². The second-order valence-corrected chi connectivity index (χ2v) is 6.44. The van der Waals surface area contributed by atoms with Gasteiger partial charge in [0.05, 0.1) is 0 Å². The van der Waals surface area contributed by atoms with E-state index >= 15 is 0 Å². The zero-order valence-corrected chi connectivity index (χ0v) is 16.9. The number of amides is 3. The smallest absolute Gasteiger partial charge is 0.325 e. The van der Waals surface area contributed by atoms with E-state index in [0.717, 1.165) is 0 Å². The third-order valence-electron chi connectivity index (χ3n) is 4.03. The van der Waals surface area contributed by atoms with Gasteiger partial charge in [-0.2, -0.15) is 0 Å². The van der Waals surface area contributed by atoms with E-state index in [0.29, 0.717) is 17.2 Å². The summed E-state index contributed by atoms with van der Waals surface area (Å²) in [5.41, 5.74) is 4.27. The fourth-order valence-corrected chi connectivity index (χ4v) is 2.48. The van der Waals surface area contributed by atoms with Crippen LogP contribution in [0.1, 0.15) is 0 Å². The summed E-state index contributed by atoms with van der Waals surface area (Å²) in [6.07, 6.45) is -0.957. The monoisotopic (exact) mass is 443 g/mol. The molecule has 0 aliphatic carbocycles. The molecular formula is C21H21N3O8. The molecule has 2 aromatic rings. The van der Waals surface area contributed by atoms with E-state index in [4.69, 9.17) is 18.9 Å². The summed E-state index contributed by atoms with van der Waals surface area (Å²) in [6.45, 7) is -1.40. The van der Waals surface area contributed by atoms with Crippen LogP contribution in [-0.4, -0.2) is 56.2 Å². The molecule has 1 aliphatic heterocycles. The molecule has 0 radical (unpaired) electrons. The van der Waals surface area contributed by atoms with Crippen LogP contribution in [0.5, 0.6) is 17.2 Å². The lowest BCUT2D eigenvalue weighted by Gasteiger charge is -2.25. The summed E-state index contributed by atoms with van der Waals surface area (Å²) in [5.74, 6) is -1.33. The van der Waals surface area contributed by atoms with Gasteiger partial charge in [0, 0.05) is 0 Å². The molecule has 0 saturated heterocycles. The van der Waals surface area contributed by atoms with Gasteiger partial charge in [0.2, 0.25) is 6.10 Å². The second kappa shape index (κ2) is 11.2. The van der Waals surface area contributed by atoms with Crippen LogP contribution in [0.3, 0.4) is 0 Å². The summed E-state index contributed by atoms with van der Waals surface area (Å²) >= 11 is 0. The zero-order chi connectivity index (χ0) is 22.8. The van der Waals surface area contributed by atoms with Gasteiger partial charge in [-0.3, -0.25) is 30.0 Å². The Bertz CT molecular complexity index is 967. The Balaban J connectivity index is 1.28. The lowest BCUT2D eigenvalue weighted by molar-refractivity contribution is -0.149. The van der Waals surface area contributed by atoms with Gasteiger partial charge in [0.1, 0.15) is 18.9 Å². The molecule has 0 aromatic heterocycles. The maximum Gasteiger partial charge on any atom is 0.325 e. The van der Waals surface area contributed by atoms with Gasteiger partial charge in [-0.1, -0.05) is 30.3 Å². The molecule has 0 saturated carbocycles. The lowest BCUT2D eigenvalue weighted by atomic mass is 10.2. The quantitative estimate of drug-likeness (QED) is 0.373. The van der Waals surface area contributed by atoms with Gasteiger partial charge >= 0.3 is 5.97 Å². The Labute approximate surface area is 182 Å². The first-order valence-corrected chi connectivity index (χ1v) is 9.58. The molecule has 1 heterocycles. The zero-order valence-electron chi connectivity index (χ0n) is 16.9. The normalized spacial score (nSPS) is 13.9. The van der Waals surface area contributed by atoms with Crippen LogP contribution in [0.2, 0.25) is 0 Å². The molecule has 168 valence electrons. The van der Waals surface area contributed by atoms with Crippen molar-refractivity contribution in [2.45, 2.75) is 6.10 Å². The van der Waals surface area contributed by atoms with Crippen molar-refractivity contribution < 1.29 is 38.1 Å². The van der Waals surface area contributed by atoms with Gasteiger partial charge in [-0.25, -0.2) is 0 Å². The predicted octanol–water partition coefficient (Wildman–Crippen LogP) is -0.288. The van der Waals surface area contributed by atoms with E-state index in [-0.39, 0.29) is 13.2 Å². The summed E-state index contributed by atoms with van der Waals surface area (Å²) in [7, 11) is 0. The average Bonchev–Trinajstić information content (AvgIpc) is 2.83.